The minimum absolute atomic E-state index is 0.0727. The van der Waals surface area contributed by atoms with E-state index in [1.165, 1.54) is 24.1 Å². The van der Waals surface area contributed by atoms with Crippen LogP contribution in [-0.4, -0.2) is 34.9 Å². The van der Waals surface area contributed by atoms with Crippen molar-refractivity contribution in [3.8, 4) is 5.75 Å². The second kappa shape index (κ2) is 24.1. The van der Waals surface area contributed by atoms with Crippen LogP contribution in [0.25, 0.3) is 0 Å². The molecule has 0 aliphatic carbocycles. The number of carbonyl (C=O) groups excluding carboxylic acids is 3. The summed E-state index contributed by atoms with van der Waals surface area (Å²) < 4.78 is 6.49. The first-order chi connectivity index (χ1) is 31.7. The molecule has 5 aromatic carbocycles. The third kappa shape index (κ3) is 12.4. The monoisotopic (exact) mass is 1070 g/mol. The van der Waals surface area contributed by atoms with Gasteiger partial charge >= 0.3 is 0 Å². The Morgan fingerprint density at radius 2 is 1.39 bits per heavy atom. The molecular weight excluding hydrogens is 1030 g/mol. The van der Waals surface area contributed by atoms with E-state index in [-0.39, 0.29) is 68.9 Å². The topological polar surface area (TPSA) is 112 Å². The number of nitrogens with one attached hydrogen (secondary N) is 3. The average Bonchev–Trinajstić information content (AvgIpc) is 3.59. The number of aliphatic imine (C=N–C) groups is 1. The summed E-state index contributed by atoms with van der Waals surface area (Å²) >= 11 is 53.0. The lowest BCUT2D eigenvalue weighted by Crippen LogP contribution is -2.36. The highest BCUT2D eigenvalue weighted by atomic mass is 35.5. The van der Waals surface area contributed by atoms with Crippen molar-refractivity contribution < 1.29 is 19.1 Å². The number of para-hydroxylation sites is 1. The summed E-state index contributed by atoms with van der Waals surface area (Å²) in [6.45, 7) is 6.26. The number of thioether (sulfide) groups is 1. The van der Waals surface area contributed by atoms with Crippen LogP contribution in [0.2, 0.25) is 40.2 Å². The van der Waals surface area contributed by atoms with E-state index in [1.807, 2.05) is 13.0 Å². The largest absolute Gasteiger partial charge is 0.480 e. The maximum Gasteiger partial charge on any atom is 0.267 e. The predicted octanol–water partition coefficient (Wildman–Crippen LogP) is 16.2. The number of aryl methyl sites for hydroxylation is 2. The van der Waals surface area contributed by atoms with Crippen LogP contribution in [0.5, 0.6) is 5.75 Å². The molecule has 1 aliphatic rings. The second-order valence-corrected chi connectivity index (χ2v) is 19.5. The summed E-state index contributed by atoms with van der Waals surface area (Å²) in [6, 6.07) is 22.7. The molecule has 3 amide bonds. The third-order valence-electron chi connectivity index (χ3n) is 10.5. The molecule has 18 heteroatoms. The number of hydrogen-bond donors (Lipinski definition) is 3. The predicted molar refractivity (Wildman–Crippen MR) is 277 cm³/mol. The number of hydrazine groups is 1. The lowest BCUT2D eigenvalue weighted by molar-refractivity contribution is -0.123. The Morgan fingerprint density at radius 1 is 0.742 bits per heavy atom. The summed E-state index contributed by atoms with van der Waals surface area (Å²) in [5, 5.41) is 5.59. The van der Waals surface area contributed by atoms with Crippen LogP contribution in [0, 0.1) is 0 Å². The number of ether oxygens (including phenoxy) is 1. The van der Waals surface area contributed by atoms with Crippen molar-refractivity contribution >= 4 is 151 Å². The van der Waals surface area contributed by atoms with Crippen molar-refractivity contribution in [2.24, 2.45) is 4.99 Å². The minimum atomic E-state index is -1.14. The molecule has 348 valence electrons. The first-order valence-corrected chi connectivity index (χ1v) is 25.2. The van der Waals surface area contributed by atoms with Gasteiger partial charge in [-0.25, -0.2) is 10.0 Å². The molecule has 0 saturated carbocycles. The van der Waals surface area contributed by atoms with Gasteiger partial charge in [0.15, 0.2) is 6.10 Å². The first kappa shape index (κ1) is 51.8. The molecule has 0 aromatic heterocycles. The van der Waals surface area contributed by atoms with Crippen molar-refractivity contribution in [1.82, 2.24) is 5.43 Å². The third-order valence-corrected chi connectivity index (χ3v) is 15.0. The molecule has 0 bridgehead atoms. The molecule has 5 aromatic rings. The van der Waals surface area contributed by atoms with Gasteiger partial charge in [0, 0.05) is 10.6 Å². The van der Waals surface area contributed by atoms with E-state index in [0.717, 1.165) is 67.3 Å². The molecule has 9 nitrogen and oxygen atoms in total. The SMILES string of the molecule is CCCCCc1ccc(OC(CC)C(=O)Nc2ccccc2SC2C(=O)N(c3c(Cl)c(Cl)c(Cl)c(Cl)c3Cl)NC2=Nc2cc(NC(=O)c3c(Cl)cccc3Cl)ccc2Cl)c(CCCCC)c1. The van der Waals surface area contributed by atoms with Crippen LogP contribution < -0.4 is 25.8 Å². The Balaban J connectivity index is 1.32. The van der Waals surface area contributed by atoms with Gasteiger partial charge in [-0.05, 0) is 91.8 Å². The average molecular weight is 1070 g/mol. The highest BCUT2D eigenvalue weighted by Gasteiger charge is 2.42. The van der Waals surface area contributed by atoms with Crippen molar-refractivity contribution in [1.29, 1.82) is 0 Å². The van der Waals surface area contributed by atoms with Gasteiger partial charge in [0.05, 0.1) is 57.1 Å². The van der Waals surface area contributed by atoms with Gasteiger partial charge in [-0.15, -0.1) is 11.8 Å². The normalized spacial score (nSPS) is 14.7. The van der Waals surface area contributed by atoms with Crippen molar-refractivity contribution in [3.63, 3.8) is 0 Å². The lowest BCUT2D eigenvalue weighted by atomic mass is 10.00. The van der Waals surface area contributed by atoms with E-state index in [1.54, 1.807) is 48.5 Å². The molecular formula is C48H45Cl8N5O4S. The number of unbranched alkanes of at least 4 members (excludes halogenated alkanes) is 4. The number of rotatable bonds is 19. The smallest absolute Gasteiger partial charge is 0.267 e. The molecule has 0 spiro atoms. The van der Waals surface area contributed by atoms with E-state index in [0.29, 0.717) is 28.4 Å². The van der Waals surface area contributed by atoms with Crippen molar-refractivity contribution in [3.05, 3.63) is 136 Å². The van der Waals surface area contributed by atoms with Crippen LogP contribution in [-0.2, 0) is 22.4 Å². The van der Waals surface area contributed by atoms with E-state index in [2.05, 4.69) is 42.0 Å². The fourth-order valence-electron chi connectivity index (χ4n) is 7.05. The van der Waals surface area contributed by atoms with Gasteiger partial charge < -0.3 is 15.4 Å². The van der Waals surface area contributed by atoms with Crippen LogP contribution in [0.4, 0.5) is 22.7 Å². The number of benzene rings is 5. The summed E-state index contributed by atoms with van der Waals surface area (Å²) in [4.78, 5) is 47.4. The molecule has 6 rings (SSSR count). The maximum absolute atomic E-state index is 14.7. The number of nitrogens with zero attached hydrogens (tertiary/aromatic N) is 2. The Kier molecular flexibility index (Phi) is 19.0. The van der Waals surface area contributed by atoms with Gasteiger partial charge in [0.1, 0.15) is 22.5 Å². The molecule has 66 heavy (non-hydrogen) atoms. The van der Waals surface area contributed by atoms with Crippen LogP contribution in [0.3, 0.4) is 0 Å². The van der Waals surface area contributed by atoms with E-state index >= 15 is 0 Å². The number of carbonyl (C=O) groups is 3. The molecule has 3 N–H and O–H groups in total. The van der Waals surface area contributed by atoms with E-state index in [9.17, 15) is 14.4 Å². The molecule has 1 fully saturated rings. The molecule has 1 aliphatic heterocycles. The quantitative estimate of drug-likeness (QED) is 0.0431. The maximum atomic E-state index is 14.7. The highest BCUT2D eigenvalue weighted by Crippen LogP contribution is 2.49. The summed E-state index contributed by atoms with van der Waals surface area (Å²) in [5.41, 5.74) is 6.25. The van der Waals surface area contributed by atoms with Gasteiger partial charge in [-0.2, -0.15) is 0 Å². The van der Waals surface area contributed by atoms with Crippen LogP contribution in [0.1, 0.15) is 87.2 Å². The first-order valence-electron chi connectivity index (χ1n) is 21.3. The van der Waals surface area contributed by atoms with Crippen molar-refractivity contribution in [2.75, 3.05) is 15.6 Å². The Labute approximate surface area is 429 Å². The van der Waals surface area contributed by atoms with Gasteiger partial charge in [-0.1, -0.05) is 170 Å². The number of halogens is 8. The molecule has 1 heterocycles. The Bertz CT molecular complexity index is 2600. The van der Waals surface area contributed by atoms with Gasteiger partial charge in [0.25, 0.3) is 17.7 Å². The zero-order chi connectivity index (χ0) is 47.7. The standard InChI is InChI=1S/C48H45Cl8N5O4S/c1-4-7-9-14-26-20-23-35(27(24-26)15-10-8-5-2)65-34(6-3)46(62)59-32-18-11-12-19-36(32)66-44-45(60-61(48(44)64)43-41(55)39(53)38(52)40(54)42(43)56)58-33-25-28(21-22-29(33)49)57-47(63)37-30(50)16-13-17-31(37)51/h11-13,16-25,34,44H,4-10,14-15H2,1-3H3,(H,57,63)(H,58,60)(H,59,62). The minimum Gasteiger partial charge on any atom is -0.480 e. The summed E-state index contributed by atoms with van der Waals surface area (Å²) in [6.07, 6.45) is 8.02. The molecule has 2 atom stereocenters. The van der Waals surface area contributed by atoms with E-state index < -0.39 is 23.2 Å². The number of anilines is 3. The fraction of sp³-hybridized carbons (Fsp3) is 0.292. The second-order valence-electron chi connectivity index (χ2n) is 15.3. The summed E-state index contributed by atoms with van der Waals surface area (Å²) in [7, 11) is 0. The van der Waals surface area contributed by atoms with Gasteiger partial charge in [0.2, 0.25) is 0 Å². The van der Waals surface area contributed by atoms with Crippen LogP contribution in [0.15, 0.2) is 88.8 Å². The molecule has 0 radical (unpaired) electrons. The number of amidine groups is 1. The Hall–Kier alpha value is -3.55. The molecule has 1 saturated heterocycles. The van der Waals surface area contributed by atoms with Crippen molar-refractivity contribution in [2.45, 2.75) is 94.8 Å². The molecule has 2 unspecified atom stereocenters. The van der Waals surface area contributed by atoms with Gasteiger partial charge in [-0.3, -0.25) is 19.8 Å². The zero-order valence-corrected chi connectivity index (χ0v) is 42.8. The zero-order valence-electron chi connectivity index (χ0n) is 36.0. The van der Waals surface area contributed by atoms with Crippen LogP contribution >= 0.6 is 105 Å². The number of hydrogen-bond acceptors (Lipinski definition) is 6. The highest BCUT2D eigenvalue weighted by molar-refractivity contribution is 8.01. The lowest BCUT2D eigenvalue weighted by Gasteiger charge is -2.21. The fourth-order valence-corrected chi connectivity index (χ4v) is 10.2. The van der Waals surface area contributed by atoms with E-state index in [4.69, 9.17) is 103 Å². The number of amides is 3. The summed E-state index contributed by atoms with van der Waals surface area (Å²) in [5.74, 6) is -0.762. The Morgan fingerprint density at radius 3 is 2.06 bits per heavy atom.